The molecule has 3 rings (SSSR count). The molecule has 1 N–H and O–H groups in total. The molecule has 0 unspecified atom stereocenters. The van der Waals surface area contributed by atoms with Crippen molar-refractivity contribution in [1.29, 1.82) is 0 Å². The number of benzene rings is 2. The molecule has 0 radical (unpaired) electrons. The smallest absolute Gasteiger partial charge is 0.251 e. The first-order chi connectivity index (χ1) is 12.5. The van der Waals surface area contributed by atoms with Gasteiger partial charge in [0, 0.05) is 17.5 Å². The van der Waals surface area contributed by atoms with E-state index < -0.39 is 0 Å². The van der Waals surface area contributed by atoms with Gasteiger partial charge < -0.3 is 19.5 Å². The van der Waals surface area contributed by atoms with Gasteiger partial charge in [0.1, 0.15) is 18.0 Å². The number of hydrogen-bond acceptors (Lipinski definition) is 4. The highest BCUT2D eigenvalue weighted by Crippen LogP contribution is 2.41. The molecule has 5 nitrogen and oxygen atoms in total. The van der Waals surface area contributed by atoms with Gasteiger partial charge in [-0.05, 0) is 45.0 Å². The predicted molar refractivity (Wildman–Crippen MR) is 100 cm³/mol. The van der Waals surface area contributed by atoms with Crippen molar-refractivity contribution in [2.24, 2.45) is 0 Å². The number of rotatable bonds is 7. The first-order valence-electron chi connectivity index (χ1n) is 8.93. The molecule has 1 amide bonds. The van der Waals surface area contributed by atoms with Crippen molar-refractivity contribution in [2.45, 2.75) is 32.8 Å². The lowest BCUT2D eigenvalue weighted by molar-refractivity contribution is 0.0945. The summed E-state index contributed by atoms with van der Waals surface area (Å²) in [6.45, 7) is 7.39. The quantitative estimate of drug-likeness (QED) is 0.771. The molecule has 0 atom stereocenters. The zero-order valence-electron chi connectivity index (χ0n) is 15.5. The molecule has 0 bridgehead atoms. The third-order valence-electron chi connectivity index (χ3n) is 4.11. The zero-order valence-corrected chi connectivity index (χ0v) is 15.5. The summed E-state index contributed by atoms with van der Waals surface area (Å²) < 4.78 is 17.2. The lowest BCUT2D eigenvalue weighted by atomic mass is 10.0. The topological polar surface area (TPSA) is 56.8 Å². The van der Waals surface area contributed by atoms with Gasteiger partial charge in [-0.15, -0.1) is 0 Å². The van der Waals surface area contributed by atoms with Gasteiger partial charge in [-0.25, -0.2) is 0 Å². The molecule has 0 aromatic heterocycles. The molecule has 0 saturated heterocycles. The van der Waals surface area contributed by atoms with Crippen molar-refractivity contribution in [3.8, 4) is 17.2 Å². The number of carbonyl (C=O) groups excluding carboxylic acids is 1. The van der Waals surface area contributed by atoms with Crippen molar-refractivity contribution in [2.75, 3.05) is 19.8 Å². The molecule has 1 heterocycles. The van der Waals surface area contributed by atoms with Crippen LogP contribution in [0.5, 0.6) is 17.2 Å². The molecule has 0 aliphatic carbocycles. The molecule has 2 aromatic carbocycles. The molecule has 138 valence electrons. The Morgan fingerprint density at radius 1 is 1.19 bits per heavy atom. The van der Waals surface area contributed by atoms with Crippen LogP contribution in [0.1, 0.15) is 36.7 Å². The Morgan fingerprint density at radius 3 is 2.81 bits per heavy atom. The van der Waals surface area contributed by atoms with Crippen LogP contribution >= 0.6 is 0 Å². The van der Waals surface area contributed by atoms with Crippen LogP contribution in [0.15, 0.2) is 42.5 Å². The van der Waals surface area contributed by atoms with Crippen LogP contribution in [0.2, 0.25) is 0 Å². The minimum Gasteiger partial charge on any atom is -0.494 e. The van der Waals surface area contributed by atoms with Crippen molar-refractivity contribution < 1.29 is 19.0 Å². The number of amides is 1. The van der Waals surface area contributed by atoms with Crippen LogP contribution in [0.4, 0.5) is 0 Å². The second-order valence-electron chi connectivity index (χ2n) is 6.85. The highest BCUT2D eigenvalue weighted by molar-refractivity contribution is 5.94. The van der Waals surface area contributed by atoms with Gasteiger partial charge in [0.25, 0.3) is 5.91 Å². The number of carbonyl (C=O) groups is 1. The highest BCUT2D eigenvalue weighted by Gasteiger charge is 2.32. The third kappa shape index (κ3) is 4.28. The summed E-state index contributed by atoms with van der Waals surface area (Å²) in [5.74, 6) is 2.08. The fourth-order valence-electron chi connectivity index (χ4n) is 3.02. The molecule has 0 fully saturated rings. The maximum atomic E-state index is 12.2. The average Bonchev–Trinajstić information content (AvgIpc) is 2.93. The summed E-state index contributed by atoms with van der Waals surface area (Å²) in [7, 11) is 0. The highest BCUT2D eigenvalue weighted by atomic mass is 16.5. The number of hydrogen-bond donors (Lipinski definition) is 1. The SMILES string of the molecule is CCOc1cccc(C(=O)NCCOc2cccc3c2OC(C)(C)C3)c1. The van der Waals surface area contributed by atoms with E-state index >= 15 is 0 Å². The molecular weight excluding hydrogens is 330 g/mol. The van der Waals surface area contributed by atoms with E-state index in [-0.39, 0.29) is 11.5 Å². The van der Waals surface area contributed by atoms with E-state index in [0.29, 0.717) is 31.1 Å². The Labute approximate surface area is 154 Å². The summed E-state index contributed by atoms with van der Waals surface area (Å²) in [5.41, 5.74) is 1.52. The Morgan fingerprint density at radius 2 is 2.00 bits per heavy atom. The van der Waals surface area contributed by atoms with Crippen LogP contribution in [0, 0.1) is 0 Å². The Bertz CT molecular complexity index is 785. The number of ether oxygens (including phenoxy) is 3. The van der Waals surface area contributed by atoms with E-state index in [4.69, 9.17) is 14.2 Å². The summed E-state index contributed by atoms with van der Waals surface area (Å²) in [6, 6.07) is 13.1. The van der Waals surface area contributed by atoms with Crippen molar-refractivity contribution in [1.82, 2.24) is 5.32 Å². The lowest BCUT2D eigenvalue weighted by Gasteiger charge is -2.18. The fraction of sp³-hybridized carbons (Fsp3) is 0.381. The number of nitrogens with one attached hydrogen (secondary N) is 1. The summed E-state index contributed by atoms with van der Waals surface area (Å²) >= 11 is 0. The second-order valence-corrected chi connectivity index (χ2v) is 6.85. The van der Waals surface area contributed by atoms with Gasteiger partial charge >= 0.3 is 0 Å². The molecule has 5 heteroatoms. The number of para-hydroxylation sites is 1. The number of fused-ring (bicyclic) bond motifs is 1. The van der Waals surface area contributed by atoms with E-state index in [2.05, 4.69) is 25.2 Å². The minimum absolute atomic E-state index is 0.147. The van der Waals surface area contributed by atoms with Crippen LogP contribution in [-0.2, 0) is 6.42 Å². The normalized spacial score (nSPS) is 14.3. The molecule has 1 aliphatic rings. The van der Waals surface area contributed by atoms with E-state index in [1.54, 1.807) is 12.1 Å². The summed E-state index contributed by atoms with van der Waals surface area (Å²) in [5, 5.41) is 2.86. The molecule has 26 heavy (non-hydrogen) atoms. The predicted octanol–water partition coefficient (Wildman–Crippen LogP) is 3.61. The van der Waals surface area contributed by atoms with Gasteiger partial charge in [-0.1, -0.05) is 18.2 Å². The summed E-state index contributed by atoms with van der Waals surface area (Å²) in [6.07, 6.45) is 0.868. The fourth-order valence-corrected chi connectivity index (χ4v) is 3.02. The minimum atomic E-state index is -0.207. The zero-order chi connectivity index (χ0) is 18.6. The largest absolute Gasteiger partial charge is 0.494 e. The van der Waals surface area contributed by atoms with Crippen LogP contribution in [-0.4, -0.2) is 31.3 Å². The van der Waals surface area contributed by atoms with Gasteiger partial charge in [0.15, 0.2) is 11.5 Å². The van der Waals surface area contributed by atoms with Gasteiger partial charge in [0.2, 0.25) is 0 Å². The average molecular weight is 355 g/mol. The van der Waals surface area contributed by atoms with Crippen molar-refractivity contribution in [3.05, 3.63) is 53.6 Å². The van der Waals surface area contributed by atoms with Crippen molar-refractivity contribution >= 4 is 5.91 Å². The lowest BCUT2D eigenvalue weighted by Crippen LogP contribution is -2.28. The van der Waals surface area contributed by atoms with E-state index in [0.717, 1.165) is 23.5 Å². The third-order valence-corrected chi connectivity index (χ3v) is 4.11. The summed E-state index contributed by atoms with van der Waals surface area (Å²) in [4.78, 5) is 12.2. The Balaban J connectivity index is 1.52. The van der Waals surface area contributed by atoms with E-state index in [9.17, 15) is 4.79 Å². The van der Waals surface area contributed by atoms with Crippen LogP contribution < -0.4 is 19.5 Å². The molecule has 1 aliphatic heterocycles. The molecule has 2 aromatic rings. The standard InChI is InChI=1S/C21H25NO4/c1-4-24-17-9-5-7-15(13-17)20(23)22-11-12-25-18-10-6-8-16-14-21(2,3)26-19(16)18/h5-10,13H,4,11-12,14H2,1-3H3,(H,22,23). The molecule has 0 saturated carbocycles. The second kappa shape index (κ2) is 7.68. The maximum Gasteiger partial charge on any atom is 0.251 e. The first kappa shape index (κ1) is 18.1. The van der Waals surface area contributed by atoms with Crippen LogP contribution in [0.3, 0.4) is 0 Å². The van der Waals surface area contributed by atoms with Crippen molar-refractivity contribution in [3.63, 3.8) is 0 Å². The molecule has 0 spiro atoms. The van der Waals surface area contributed by atoms with E-state index in [1.807, 2.05) is 31.2 Å². The Kier molecular flexibility index (Phi) is 5.35. The monoisotopic (exact) mass is 355 g/mol. The first-order valence-corrected chi connectivity index (χ1v) is 8.93. The van der Waals surface area contributed by atoms with Gasteiger partial charge in [-0.3, -0.25) is 4.79 Å². The van der Waals surface area contributed by atoms with E-state index in [1.165, 1.54) is 0 Å². The van der Waals surface area contributed by atoms with Crippen LogP contribution in [0.25, 0.3) is 0 Å². The molecular formula is C21H25NO4. The maximum absolute atomic E-state index is 12.2. The Hall–Kier alpha value is -2.69. The van der Waals surface area contributed by atoms with Gasteiger partial charge in [-0.2, -0.15) is 0 Å². The van der Waals surface area contributed by atoms with Gasteiger partial charge in [0.05, 0.1) is 13.2 Å².